The number of carbonyl (C=O) groups excluding carboxylic acids is 2. The molecule has 0 unspecified atom stereocenters. The fourth-order valence-corrected chi connectivity index (χ4v) is 3.73. The minimum absolute atomic E-state index is 0.0222. The Hall–Kier alpha value is -2.30. The number of ether oxygens (including phenoxy) is 1. The SMILES string of the molecule is CCc1ccc([C@H]2NC(=O)NC(C)=C2C(=O)OC2CCCCCC2)cc1. The normalized spacial score (nSPS) is 21.6. The molecule has 3 rings (SSSR count). The van der Waals surface area contributed by atoms with E-state index in [-0.39, 0.29) is 18.1 Å². The molecule has 1 saturated carbocycles. The van der Waals surface area contributed by atoms with Gasteiger partial charge in [0, 0.05) is 5.70 Å². The van der Waals surface area contributed by atoms with E-state index in [2.05, 4.69) is 17.6 Å². The number of carbonyl (C=O) groups is 2. The molecule has 2 amide bonds. The first kappa shape index (κ1) is 18.5. The summed E-state index contributed by atoms with van der Waals surface area (Å²) < 4.78 is 5.82. The van der Waals surface area contributed by atoms with E-state index in [0.717, 1.165) is 37.7 Å². The average Bonchev–Trinajstić information content (AvgIpc) is 2.89. The first-order valence-corrected chi connectivity index (χ1v) is 9.66. The Morgan fingerprint density at radius 3 is 2.38 bits per heavy atom. The van der Waals surface area contributed by atoms with Crippen molar-refractivity contribution in [3.63, 3.8) is 0 Å². The molecule has 5 heteroatoms. The van der Waals surface area contributed by atoms with Crippen molar-refractivity contribution in [3.05, 3.63) is 46.7 Å². The molecule has 1 aromatic rings. The van der Waals surface area contributed by atoms with Gasteiger partial charge in [0.15, 0.2) is 0 Å². The lowest BCUT2D eigenvalue weighted by Gasteiger charge is -2.29. The van der Waals surface area contributed by atoms with Crippen LogP contribution >= 0.6 is 0 Å². The lowest BCUT2D eigenvalue weighted by atomic mass is 9.94. The summed E-state index contributed by atoms with van der Waals surface area (Å²) in [7, 11) is 0. The monoisotopic (exact) mass is 356 g/mol. The van der Waals surface area contributed by atoms with Crippen molar-refractivity contribution in [2.24, 2.45) is 0 Å². The second kappa shape index (κ2) is 8.39. The molecule has 2 aliphatic rings. The Balaban J connectivity index is 1.83. The third-order valence-electron chi connectivity index (χ3n) is 5.29. The lowest BCUT2D eigenvalue weighted by Crippen LogP contribution is -2.45. The molecule has 1 atom stereocenters. The fourth-order valence-electron chi connectivity index (χ4n) is 3.73. The van der Waals surface area contributed by atoms with Crippen LogP contribution in [0.4, 0.5) is 4.79 Å². The number of amides is 2. The third-order valence-corrected chi connectivity index (χ3v) is 5.29. The molecular formula is C21H28N2O3. The fraction of sp³-hybridized carbons (Fsp3) is 0.524. The summed E-state index contributed by atoms with van der Waals surface area (Å²) in [6.45, 7) is 3.86. The Morgan fingerprint density at radius 2 is 1.77 bits per heavy atom. The number of hydrogen-bond acceptors (Lipinski definition) is 3. The molecule has 5 nitrogen and oxygen atoms in total. The predicted molar refractivity (Wildman–Crippen MR) is 101 cm³/mol. The van der Waals surface area contributed by atoms with E-state index >= 15 is 0 Å². The molecule has 1 aliphatic heterocycles. The van der Waals surface area contributed by atoms with E-state index in [1.165, 1.54) is 18.4 Å². The Bertz CT molecular complexity index is 686. The van der Waals surface area contributed by atoms with Crippen molar-refractivity contribution >= 4 is 12.0 Å². The number of esters is 1. The maximum atomic E-state index is 12.9. The van der Waals surface area contributed by atoms with Crippen LogP contribution in [-0.4, -0.2) is 18.1 Å². The number of urea groups is 1. The average molecular weight is 356 g/mol. The van der Waals surface area contributed by atoms with Crippen LogP contribution in [0.15, 0.2) is 35.5 Å². The van der Waals surface area contributed by atoms with Crippen LogP contribution in [0.5, 0.6) is 0 Å². The second-order valence-corrected chi connectivity index (χ2v) is 7.18. The first-order valence-electron chi connectivity index (χ1n) is 9.66. The molecule has 1 heterocycles. The van der Waals surface area contributed by atoms with Crippen molar-refractivity contribution in [1.29, 1.82) is 0 Å². The largest absolute Gasteiger partial charge is 0.459 e. The minimum Gasteiger partial charge on any atom is -0.459 e. The quantitative estimate of drug-likeness (QED) is 0.629. The molecule has 1 aromatic carbocycles. The number of hydrogen-bond donors (Lipinski definition) is 2. The summed E-state index contributed by atoms with van der Waals surface area (Å²) in [5.74, 6) is -0.327. The highest BCUT2D eigenvalue weighted by atomic mass is 16.5. The second-order valence-electron chi connectivity index (χ2n) is 7.18. The maximum absolute atomic E-state index is 12.9. The smallest absolute Gasteiger partial charge is 0.338 e. The van der Waals surface area contributed by atoms with E-state index in [0.29, 0.717) is 11.3 Å². The van der Waals surface area contributed by atoms with Gasteiger partial charge in [0.2, 0.25) is 0 Å². The van der Waals surface area contributed by atoms with Crippen molar-refractivity contribution in [3.8, 4) is 0 Å². The van der Waals surface area contributed by atoms with Gasteiger partial charge >= 0.3 is 12.0 Å². The standard InChI is InChI=1S/C21H28N2O3/c1-3-15-10-12-16(13-11-15)19-18(14(2)22-21(25)23-19)20(24)26-17-8-6-4-5-7-9-17/h10-13,17,19H,3-9H2,1-2H3,(H2,22,23,25)/t19-/m1/s1. The van der Waals surface area contributed by atoms with Gasteiger partial charge in [0.1, 0.15) is 6.10 Å². The molecule has 140 valence electrons. The van der Waals surface area contributed by atoms with Crippen molar-refractivity contribution in [2.45, 2.75) is 70.9 Å². The number of rotatable bonds is 4. The molecule has 0 saturated heterocycles. The van der Waals surface area contributed by atoms with Crippen molar-refractivity contribution < 1.29 is 14.3 Å². The topological polar surface area (TPSA) is 67.4 Å². The lowest BCUT2D eigenvalue weighted by molar-refractivity contribution is -0.145. The first-order chi connectivity index (χ1) is 12.6. The van der Waals surface area contributed by atoms with E-state index in [1.54, 1.807) is 6.92 Å². The van der Waals surface area contributed by atoms with Crippen LogP contribution in [-0.2, 0) is 16.0 Å². The van der Waals surface area contributed by atoms with Gasteiger partial charge in [-0.1, -0.05) is 44.0 Å². The summed E-state index contributed by atoms with van der Waals surface area (Å²) in [6, 6.07) is 7.24. The molecular weight excluding hydrogens is 328 g/mol. The van der Waals surface area contributed by atoms with Gasteiger partial charge in [0.25, 0.3) is 0 Å². The van der Waals surface area contributed by atoms with E-state index in [4.69, 9.17) is 4.74 Å². The highest BCUT2D eigenvalue weighted by Crippen LogP contribution is 2.29. The van der Waals surface area contributed by atoms with Crippen LogP contribution in [0, 0.1) is 0 Å². The van der Waals surface area contributed by atoms with Crippen molar-refractivity contribution in [2.75, 3.05) is 0 Å². The molecule has 0 spiro atoms. The molecule has 0 aromatic heterocycles. The molecule has 2 N–H and O–H groups in total. The van der Waals surface area contributed by atoms with Gasteiger partial charge in [-0.25, -0.2) is 9.59 Å². The van der Waals surface area contributed by atoms with Crippen LogP contribution < -0.4 is 10.6 Å². The van der Waals surface area contributed by atoms with Crippen LogP contribution in [0.1, 0.15) is 69.5 Å². The van der Waals surface area contributed by atoms with E-state index in [9.17, 15) is 9.59 Å². The molecule has 0 bridgehead atoms. The van der Waals surface area contributed by atoms with Crippen LogP contribution in [0.2, 0.25) is 0 Å². The molecule has 0 radical (unpaired) electrons. The Labute approximate surface area is 155 Å². The highest BCUT2D eigenvalue weighted by molar-refractivity contribution is 5.95. The number of nitrogens with one attached hydrogen (secondary N) is 2. The summed E-state index contributed by atoms with van der Waals surface area (Å²) >= 11 is 0. The predicted octanol–water partition coefficient (Wildman–Crippen LogP) is 4.14. The summed E-state index contributed by atoms with van der Waals surface area (Å²) in [5.41, 5.74) is 3.18. The maximum Gasteiger partial charge on any atom is 0.338 e. The minimum atomic E-state index is -0.479. The number of allylic oxidation sites excluding steroid dienone is 1. The Morgan fingerprint density at radius 1 is 1.12 bits per heavy atom. The zero-order valence-electron chi connectivity index (χ0n) is 15.6. The summed E-state index contributed by atoms with van der Waals surface area (Å²) in [5, 5.41) is 5.58. The van der Waals surface area contributed by atoms with Gasteiger partial charge in [0.05, 0.1) is 11.6 Å². The van der Waals surface area contributed by atoms with E-state index in [1.807, 2.05) is 24.3 Å². The Kier molecular flexibility index (Phi) is 5.96. The third kappa shape index (κ3) is 4.26. The molecule has 26 heavy (non-hydrogen) atoms. The summed E-state index contributed by atoms with van der Waals surface area (Å²) in [4.78, 5) is 24.9. The zero-order valence-corrected chi connectivity index (χ0v) is 15.6. The van der Waals surface area contributed by atoms with E-state index < -0.39 is 6.04 Å². The molecule has 1 aliphatic carbocycles. The van der Waals surface area contributed by atoms with Crippen LogP contribution in [0.25, 0.3) is 0 Å². The number of benzene rings is 1. The summed E-state index contributed by atoms with van der Waals surface area (Å²) in [6.07, 6.45) is 7.40. The molecule has 1 fully saturated rings. The number of aryl methyl sites for hydroxylation is 1. The van der Waals surface area contributed by atoms with Crippen LogP contribution in [0.3, 0.4) is 0 Å². The van der Waals surface area contributed by atoms with Gasteiger partial charge in [-0.2, -0.15) is 0 Å². The van der Waals surface area contributed by atoms with Gasteiger partial charge in [-0.15, -0.1) is 0 Å². The van der Waals surface area contributed by atoms with Gasteiger partial charge < -0.3 is 15.4 Å². The highest BCUT2D eigenvalue weighted by Gasteiger charge is 2.33. The van der Waals surface area contributed by atoms with Gasteiger partial charge in [-0.3, -0.25) is 0 Å². The van der Waals surface area contributed by atoms with Gasteiger partial charge in [-0.05, 0) is 50.2 Å². The zero-order chi connectivity index (χ0) is 18.5. The van der Waals surface area contributed by atoms with Crippen molar-refractivity contribution in [1.82, 2.24) is 10.6 Å².